The van der Waals surface area contributed by atoms with Gasteiger partial charge in [0.1, 0.15) is 0 Å². The fourth-order valence-corrected chi connectivity index (χ4v) is 4.42. The number of amides is 1. The van der Waals surface area contributed by atoms with Crippen molar-refractivity contribution in [3.05, 3.63) is 63.9 Å². The van der Waals surface area contributed by atoms with Gasteiger partial charge in [0.2, 0.25) is 0 Å². The van der Waals surface area contributed by atoms with E-state index in [9.17, 15) is 4.79 Å². The standard InChI is InChI=1S/C22H25BrN4O/c1-4-25(5-2)18-8-9-20-15(3)26(11-10-16(20)12-18)22(28)21-13-19-7-6-17(23)14-27(19)24-21/h6-9,12-15H,4-5,10-11H2,1-3H3. The molecule has 4 rings (SSSR count). The molecule has 5 nitrogen and oxygen atoms in total. The average molecular weight is 441 g/mol. The summed E-state index contributed by atoms with van der Waals surface area (Å²) >= 11 is 3.45. The Kier molecular flexibility index (Phi) is 5.15. The third-order valence-electron chi connectivity index (χ3n) is 5.70. The lowest BCUT2D eigenvalue weighted by molar-refractivity contribution is 0.0671. The first kappa shape index (κ1) is 19.0. The van der Waals surface area contributed by atoms with Gasteiger partial charge in [0, 0.05) is 36.0 Å². The highest BCUT2D eigenvalue weighted by Crippen LogP contribution is 2.33. The molecule has 28 heavy (non-hydrogen) atoms. The third kappa shape index (κ3) is 3.30. The summed E-state index contributed by atoms with van der Waals surface area (Å²) < 4.78 is 2.68. The van der Waals surface area contributed by atoms with E-state index in [4.69, 9.17) is 0 Å². The molecule has 1 atom stereocenters. The van der Waals surface area contributed by atoms with Crippen molar-refractivity contribution in [2.24, 2.45) is 0 Å². The maximum Gasteiger partial charge on any atom is 0.274 e. The predicted octanol–water partition coefficient (Wildman–Crippen LogP) is 4.70. The van der Waals surface area contributed by atoms with Crippen molar-refractivity contribution in [3.8, 4) is 0 Å². The minimum atomic E-state index is -0.00853. The van der Waals surface area contributed by atoms with Gasteiger partial charge in [-0.3, -0.25) is 4.79 Å². The second-order valence-corrected chi connectivity index (χ2v) is 8.14. The number of benzene rings is 1. The number of hydrogen-bond acceptors (Lipinski definition) is 3. The lowest BCUT2D eigenvalue weighted by Gasteiger charge is -2.35. The van der Waals surface area contributed by atoms with Crippen LogP contribution < -0.4 is 4.90 Å². The molecule has 0 bridgehead atoms. The first-order chi connectivity index (χ1) is 13.5. The number of halogens is 1. The largest absolute Gasteiger partial charge is 0.372 e. The van der Waals surface area contributed by atoms with Crippen molar-refractivity contribution in [1.29, 1.82) is 0 Å². The molecule has 3 heterocycles. The minimum absolute atomic E-state index is 0.00853. The minimum Gasteiger partial charge on any atom is -0.372 e. The highest BCUT2D eigenvalue weighted by Gasteiger charge is 2.30. The third-order valence-corrected chi connectivity index (χ3v) is 6.17. The van der Waals surface area contributed by atoms with Crippen LogP contribution in [0.5, 0.6) is 0 Å². The van der Waals surface area contributed by atoms with E-state index >= 15 is 0 Å². The summed E-state index contributed by atoms with van der Waals surface area (Å²) in [4.78, 5) is 17.5. The van der Waals surface area contributed by atoms with Gasteiger partial charge in [-0.05, 0) is 84.6 Å². The van der Waals surface area contributed by atoms with Crippen LogP contribution in [0.1, 0.15) is 48.4 Å². The predicted molar refractivity (Wildman–Crippen MR) is 116 cm³/mol. The van der Waals surface area contributed by atoms with Gasteiger partial charge in [-0.2, -0.15) is 5.10 Å². The maximum atomic E-state index is 13.2. The van der Waals surface area contributed by atoms with Crippen LogP contribution in [0.4, 0.5) is 5.69 Å². The van der Waals surface area contributed by atoms with Crippen LogP contribution in [0.15, 0.2) is 47.1 Å². The molecule has 6 heteroatoms. The van der Waals surface area contributed by atoms with Crippen molar-refractivity contribution in [3.63, 3.8) is 0 Å². The molecule has 1 amide bonds. The maximum absolute atomic E-state index is 13.2. The fourth-order valence-electron chi connectivity index (χ4n) is 4.09. The number of hydrogen-bond donors (Lipinski definition) is 0. The molecule has 2 aromatic heterocycles. The van der Waals surface area contributed by atoms with E-state index in [1.165, 1.54) is 16.8 Å². The number of carbonyl (C=O) groups is 1. The van der Waals surface area contributed by atoms with E-state index in [1.807, 2.05) is 29.3 Å². The van der Waals surface area contributed by atoms with Crippen molar-refractivity contribution in [2.45, 2.75) is 33.2 Å². The van der Waals surface area contributed by atoms with Crippen LogP contribution in [-0.2, 0) is 6.42 Å². The first-order valence-electron chi connectivity index (χ1n) is 9.85. The Labute approximate surface area is 174 Å². The molecule has 1 aliphatic rings. The number of anilines is 1. The first-order valence-corrected chi connectivity index (χ1v) is 10.6. The Hall–Kier alpha value is -2.34. The Balaban J connectivity index is 1.61. The second kappa shape index (κ2) is 7.59. The second-order valence-electron chi connectivity index (χ2n) is 7.23. The van der Waals surface area contributed by atoms with Gasteiger partial charge < -0.3 is 9.80 Å². The smallest absolute Gasteiger partial charge is 0.274 e. The summed E-state index contributed by atoms with van der Waals surface area (Å²) in [6, 6.07) is 12.5. The van der Waals surface area contributed by atoms with E-state index in [-0.39, 0.29) is 11.9 Å². The molecule has 0 N–H and O–H groups in total. The van der Waals surface area contributed by atoms with Gasteiger partial charge in [-0.15, -0.1) is 0 Å². The van der Waals surface area contributed by atoms with Crippen molar-refractivity contribution < 1.29 is 4.79 Å². The van der Waals surface area contributed by atoms with Gasteiger partial charge >= 0.3 is 0 Å². The lowest BCUT2D eigenvalue weighted by Crippen LogP contribution is -2.39. The summed E-state index contributed by atoms with van der Waals surface area (Å²) in [5.74, 6) is -0.00853. The summed E-state index contributed by atoms with van der Waals surface area (Å²) in [6.07, 6.45) is 2.75. The number of nitrogens with zero attached hydrogens (tertiary/aromatic N) is 4. The van der Waals surface area contributed by atoms with Gasteiger partial charge in [-0.25, -0.2) is 4.52 Å². The van der Waals surface area contributed by atoms with E-state index < -0.39 is 0 Å². The van der Waals surface area contributed by atoms with Crippen molar-refractivity contribution >= 4 is 33.0 Å². The Morgan fingerprint density at radius 2 is 2.00 bits per heavy atom. The molecule has 0 spiro atoms. The van der Waals surface area contributed by atoms with E-state index in [2.05, 4.69) is 64.9 Å². The highest BCUT2D eigenvalue weighted by atomic mass is 79.9. The van der Waals surface area contributed by atoms with Crippen LogP contribution >= 0.6 is 15.9 Å². The van der Waals surface area contributed by atoms with E-state index in [1.54, 1.807) is 4.52 Å². The van der Waals surface area contributed by atoms with E-state index in [0.717, 1.165) is 29.5 Å². The van der Waals surface area contributed by atoms with E-state index in [0.29, 0.717) is 12.2 Å². The number of fused-ring (bicyclic) bond motifs is 2. The molecule has 1 unspecified atom stereocenters. The van der Waals surface area contributed by atoms with Crippen molar-refractivity contribution in [2.75, 3.05) is 24.5 Å². The molecule has 3 aromatic rings. The van der Waals surface area contributed by atoms with Crippen LogP contribution in [-0.4, -0.2) is 40.1 Å². The van der Waals surface area contributed by atoms with Crippen LogP contribution in [0.25, 0.3) is 5.52 Å². The molecule has 1 aliphatic heterocycles. The molecular weight excluding hydrogens is 416 g/mol. The monoisotopic (exact) mass is 440 g/mol. The summed E-state index contributed by atoms with van der Waals surface area (Å²) in [7, 11) is 0. The molecule has 0 radical (unpaired) electrons. The summed E-state index contributed by atoms with van der Waals surface area (Å²) in [5, 5.41) is 4.49. The molecule has 146 valence electrons. The normalized spacial score (nSPS) is 16.3. The molecule has 1 aromatic carbocycles. The molecule has 0 saturated carbocycles. The summed E-state index contributed by atoms with van der Waals surface area (Å²) in [6.45, 7) is 9.18. The topological polar surface area (TPSA) is 40.9 Å². The number of carbonyl (C=O) groups excluding carboxylic acids is 1. The molecular formula is C22H25BrN4O. The Bertz CT molecular complexity index is 1020. The zero-order valence-electron chi connectivity index (χ0n) is 16.5. The number of rotatable bonds is 4. The molecule has 0 fully saturated rings. The van der Waals surface area contributed by atoms with Gasteiger partial charge in [-0.1, -0.05) is 6.07 Å². The van der Waals surface area contributed by atoms with Gasteiger partial charge in [0.25, 0.3) is 5.91 Å². The molecule has 0 saturated heterocycles. The Morgan fingerprint density at radius 3 is 2.75 bits per heavy atom. The summed E-state index contributed by atoms with van der Waals surface area (Å²) in [5.41, 5.74) is 5.26. The van der Waals surface area contributed by atoms with Gasteiger partial charge in [0.05, 0.1) is 11.6 Å². The Morgan fingerprint density at radius 1 is 1.21 bits per heavy atom. The number of aromatic nitrogens is 2. The zero-order chi connectivity index (χ0) is 19.8. The highest BCUT2D eigenvalue weighted by molar-refractivity contribution is 9.10. The lowest BCUT2D eigenvalue weighted by atomic mass is 9.92. The zero-order valence-corrected chi connectivity index (χ0v) is 18.1. The van der Waals surface area contributed by atoms with Crippen LogP contribution in [0.2, 0.25) is 0 Å². The van der Waals surface area contributed by atoms with Crippen LogP contribution in [0, 0.1) is 0 Å². The van der Waals surface area contributed by atoms with Gasteiger partial charge in [0.15, 0.2) is 5.69 Å². The quantitative estimate of drug-likeness (QED) is 0.589. The SMILES string of the molecule is CCN(CC)c1ccc2c(c1)CCN(C(=O)c1cc3ccc(Br)cn3n1)C2C. The molecule has 0 aliphatic carbocycles. The average Bonchev–Trinajstić information content (AvgIpc) is 3.12. The fraction of sp³-hybridized carbons (Fsp3) is 0.364. The van der Waals surface area contributed by atoms with Crippen LogP contribution in [0.3, 0.4) is 0 Å². The number of pyridine rings is 1. The van der Waals surface area contributed by atoms with Crippen molar-refractivity contribution in [1.82, 2.24) is 14.5 Å².